The van der Waals surface area contributed by atoms with E-state index in [4.69, 9.17) is 0 Å². The van der Waals surface area contributed by atoms with E-state index in [0.29, 0.717) is 6.42 Å². The van der Waals surface area contributed by atoms with Gasteiger partial charge in [-0.05, 0) is 18.8 Å². The van der Waals surface area contributed by atoms with Crippen LogP contribution in [0.15, 0.2) is 0 Å². The molecule has 1 fully saturated rings. The van der Waals surface area contributed by atoms with Crippen molar-refractivity contribution in [3.05, 3.63) is 0 Å². The Balaban J connectivity index is 2.02. The van der Waals surface area contributed by atoms with Crippen molar-refractivity contribution < 1.29 is 4.79 Å². The van der Waals surface area contributed by atoms with Gasteiger partial charge in [0.05, 0.1) is 0 Å². The number of carbonyl (C=O) groups excluding carboxylic acids is 1. The number of rotatable bonds is 5. The molecule has 1 amide bonds. The first-order valence-corrected chi connectivity index (χ1v) is 6.15. The first-order valence-electron chi connectivity index (χ1n) is 6.15. The fourth-order valence-corrected chi connectivity index (χ4v) is 2.33. The molecule has 1 rings (SSSR count). The third-order valence-electron chi connectivity index (χ3n) is 3.09. The molecule has 1 aliphatic carbocycles. The van der Waals surface area contributed by atoms with Crippen LogP contribution in [0.25, 0.3) is 0 Å². The largest absolute Gasteiger partial charge is 0.289 e. The highest BCUT2D eigenvalue weighted by Crippen LogP contribution is 2.27. The Kier molecular flexibility index (Phi) is 5.69. The first kappa shape index (κ1) is 12.5. The molecule has 0 aromatic heterocycles. The molecule has 0 aromatic rings. The van der Waals surface area contributed by atoms with Crippen molar-refractivity contribution in [2.75, 3.05) is 14.1 Å². The van der Waals surface area contributed by atoms with E-state index >= 15 is 0 Å². The molecule has 88 valence electrons. The molecule has 0 atom stereocenters. The molecule has 3 nitrogen and oxygen atoms in total. The molecule has 1 aliphatic rings. The normalized spacial score (nSPS) is 18.1. The van der Waals surface area contributed by atoms with E-state index in [0.717, 1.165) is 12.3 Å². The van der Waals surface area contributed by atoms with E-state index in [9.17, 15) is 4.79 Å². The van der Waals surface area contributed by atoms with Crippen LogP contribution in [0.5, 0.6) is 0 Å². The number of nitrogens with one attached hydrogen (secondary N) is 1. The zero-order chi connectivity index (χ0) is 11.1. The molecule has 3 heteroatoms. The molecule has 1 saturated carbocycles. The summed E-state index contributed by atoms with van der Waals surface area (Å²) in [4.78, 5) is 11.3. The highest BCUT2D eigenvalue weighted by atomic mass is 16.2. The molecule has 0 bridgehead atoms. The van der Waals surface area contributed by atoms with Crippen molar-refractivity contribution in [3.63, 3.8) is 0 Å². The van der Waals surface area contributed by atoms with Crippen molar-refractivity contribution >= 4 is 5.91 Å². The summed E-state index contributed by atoms with van der Waals surface area (Å²) >= 11 is 0. The van der Waals surface area contributed by atoms with Crippen molar-refractivity contribution in [1.29, 1.82) is 0 Å². The predicted molar refractivity (Wildman–Crippen MR) is 62.3 cm³/mol. The molecule has 0 aromatic carbocycles. The molecule has 1 N–H and O–H groups in total. The molecule has 15 heavy (non-hydrogen) atoms. The van der Waals surface area contributed by atoms with Gasteiger partial charge in [0.15, 0.2) is 0 Å². The van der Waals surface area contributed by atoms with Gasteiger partial charge < -0.3 is 0 Å². The van der Waals surface area contributed by atoms with E-state index in [2.05, 4.69) is 5.43 Å². The summed E-state index contributed by atoms with van der Waals surface area (Å²) < 4.78 is 0. The average Bonchev–Trinajstić information content (AvgIpc) is 2.18. The van der Waals surface area contributed by atoms with Gasteiger partial charge in [0.1, 0.15) is 0 Å². The van der Waals surface area contributed by atoms with Crippen LogP contribution in [0, 0.1) is 5.92 Å². The van der Waals surface area contributed by atoms with Gasteiger partial charge in [-0.2, -0.15) is 0 Å². The number of hydrogen-bond donors (Lipinski definition) is 1. The summed E-state index contributed by atoms with van der Waals surface area (Å²) in [7, 11) is 3.69. The maximum Gasteiger partial charge on any atom is 0.234 e. The van der Waals surface area contributed by atoms with Crippen LogP contribution in [-0.4, -0.2) is 25.0 Å². The minimum Gasteiger partial charge on any atom is -0.289 e. The summed E-state index contributed by atoms with van der Waals surface area (Å²) in [6, 6.07) is 0. The Hall–Kier alpha value is -0.570. The second kappa shape index (κ2) is 6.83. The summed E-state index contributed by atoms with van der Waals surface area (Å²) in [6.07, 6.45) is 9.94. The molecular weight excluding hydrogens is 188 g/mol. The zero-order valence-corrected chi connectivity index (χ0v) is 10.1. The third-order valence-corrected chi connectivity index (χ3v) is 3.09. The van der Waals surface area contributed by atoms with Crippen LogP contribution in [0.1, 0.15) is 51.4 Å². The average molecular weight is 212 g/mol. The van der Waals surface area contributed by atoms with Gasteiger partial charge in [0, 0.05) is 20.5 Å². The second-order valence-corrected chi connectivity index (χ2v) is 4.83. The predicted octanol–water partition coefficient (Wildman–Crippen LogP) is 2.33. The van der Waals surface area contributed by atoms with Gasteiger partial charge >= 0.3 is 0 Å². The summed E-state index contributed by atoms with van der Waals surface area (Å²) in [5.41, 5.74) is 2.77. The molecule has 0 heterocycles. The minimum atomic E-state index is 0.149. The van der Waals surface area contributed by atoms with Crippen molar-refractivity contribution in [2.45, 2.75) is 51.4 Å². The monoisotopic (exact) mass is 212 g/mol. The lowest BCUT2D eigenvalue weighted by atomic mass is 9.86. The lowest BCUT2D eigenvalue weighted by Gasteiger charge is -2.21. The Labute approximate surface area is 93.2 Å². The van der Waals surface area contributed by atoms with Gasteiger partial charge in [-0.3, -0.25) is 10.2 Å². The summed E-state index contributed by atoms with van der Waals surface area (Å²) in [6.45, 7) is 0. The van der Waals surface area contributed by atoms with Crippen molar-refractivity contribution in [3.8, 4) is 0 Å². The van der Waals surface area contributed by atoms with Crippen molar-refractivity contribution in [1.82, 2.24) is 10.4 Å². The number of carbonyl (C=O) groups is 1. The van der Waals surface area contributed by atoms with Crippen molar-refractivity contribution in [2.24, 2.45) is 5.92 Å². The fourth-order valence-electron chi connectivity index (χ4n) is 2.33. The van der Waals surface area contributed by atoms with Crippen LogP contribution < -0.4 is 5.43 Å². The van der Waals surface area contributed by atoms with Gasteiger partial charge in [-0.25, -0.2) is 5.01 Å². The van der Waals surface area contributed by atoms with Gasteiger partial charge in [0.2, 0.25) is 5.91 Å². The SMILES string of the molecule is CN(C)NC(=O)CCCC1CCCCC1. The van der Waals surface area contributed by atoms with E-state index in [-0.39, 0.29) is 5.91 Å². The number of hydrazine groups is 1. The van der Waals surface area contributed by atoms with E-state index in [1.165, 1.54) is 38.5 Å². The van der Waals surface area contributed by atoms with E-state index in [1.807, 2.05) is 14.1 Å². The van der Waals surface area contributed by atoms with Crippen LogP contribution in [0.2, 0.25) is 0 Å². The first-order chi connectivity index (χ1) is 7.18. The highest BCUT2D eigenvalue weighted by molar-refractivity contribution is 5.75. The fraction of sp³-hybridized carbons (Fsp3) is 0.917. The van der Waals surface area contributed by atoms with E-state index < -0.39 is 0 Å². The number of amides is 1. The standard InChI is InChI=1S/C12H24N2O/c1-14(2)13-12(15)10-6-9-11-7-4-3-5-8-11/h11H,3-10H2,1-2H3,(H,13,15). The van der Waals surface area contributed by atoms with Gasteiger partial charge in [-0.15, -0.1) is 0 Å². The van der Waals surface area contributed by atoms with Crippen LogP contribution >= 0.6 is 0 Å². The summed E-state index contributed by atoms with van der Waals surface area (Å²) in [5.74, 6) is 1.04. The Morgan fingerprint density at radius 3 is 2.53 bits per heavy atom. The van der Waals surface area contributed by atoms with Crippen LogP contribution in [0.4, 0.5) is 0 Å². The molecule has 0 aliphatic heterocycles. The lowest BCUT2D eigenvalue weighted by Crippen LogP contribution is -2.35. The Morgan fingerprint density at radius 1 is 1.27 bits per heavy atom. The zero-order valence-electron chi connectivity index (χ0n) is 10.1. The highest BCUT2D eigenvalue weighted by Gasteiger charge is 2.13. The second-order valence-electron chi connectivity index (χ2n) is 4.83. The molecule has 0 saturated heterocycles. The molecule has 0 radical (unpaired) electrons. The number of hydrogen-bond acceptors (Lipinski definition) is 2. The lowest BCUT2D eigenvalue weighted by molar-refractivity contribution is -0.124. The molecular formula is C12H24N2O. The minimum absolute atomic E-state index is 0.149. The molecule has 0 spiro atoms. The topological polar surface area (TPSA) is 32.3 Å². The quantitative estimate of drug-likeness (QED) is 0.709. The smallest absolute Gasteiger partial charge is 0.234 e. The third kappa shape index (κ3) is 5.78. The van der Waals surface area contributed by atoms with Gasteiger partial charge in [0.25, 0.3) is 0 Å². The number of nitrogens with zero attached hydrogens (tertiary/aromatic N) is 1. The Morgan fingerprint density at radius 2 is 1.93 bits per heavy atom. The Bertz CT molecular complexity index is 186. The van der Waals surface area contributed by atoms with Crippen LogP contribution in [-0.2, 0) is 4.79 Å². The van der Waals surface area contributed by atoms with Gasteiger partial charge in [-0.1, -0.05) is 32.1 Å². The van der Waals surface area contributed by atoms with Crippen LogP contribution in [0.3, 0.4) is 0 Å². The van der Waals surface area contributed by atoms with E-state index in [1.54, 1.807) is 5.01 Å². The maximum absolute atomic E-state index is 11.3. The summed E-state index contributed by atoms with van der Waals surface area (Å²) in [5, 5.41) is 1.71. The molecule has 0 unspecified atom stereocenters. The maximum atomic E-state index is 11.3.